The number of carboxylic acid groups (broad SMARTS) is 1. The first-order valence-corrected chi connectivity index (χ1v) is 5.71. The van der Waals surface area contributed by atoms with Crippen LogP contribution in [0.15, 0.2) is 0 Å². The van der Waals surface area contributed by atoms with Crippen molar-refractivity contribution in [1.82, 2.24) is 10.6 Å². The molecule has 0 saturated heterocycles. The molecular weight excluding hydrogens is 220 g/mol. The predicted molar refractivity (Wildman–Crippen MR) is 63.4 cm³/mol. The van der Waals surface area contributed by atoms with Crippen LogP contribution in [-0.2, 0) is 4.79 Å². The van der Waals surface area contributed by atoms with Crippen LogP contribution in [0.5, 0.6) is 0 Å². The molecule has 3 N–H and O–H groups in total. The second-order valence-corrected chi connectivity index (χ2v) is 4.61. The van der Waals surface area contributed by atoms with Gasteiger partial charge < -0.3 is 15.7 Å². The molecule has 94 valence electrons. The number of urea groups is 1. The fourth-order valence-corrected chi connectivity index (χ4v) is 1.97. The molecule has 0 heterocycles. The van der Waals surface area contributed by atoms with Crippen molar-refractivity contribution in [3.8, 4) is 12.3 Å². The summed E-state index contributed by atoms with van der Waals surface area (Å²) >= 11 is 0. The van der Waals surface area contributed by atoms with Crippen LogP contribution < -0.4 is 10.6 Å². The van der Waals surface area contributed by atoms with Gasteiger partial charge in [0.15, 0.2) is 0 Å². The second kappa shape index (κ2) is 5.58. The van der Waals surface area contributed by atoms with E-state index in [1.807, 2.05) is 6.92 Å². The average Bonchev–Trinajstić information content (AvgIpc) is 2.13. The Hall–Kier alpha value is -1.70. The lowest BCUT2D eigenvalue weighted by atomic mass is 9.74. The molecule has 0 bridgehead atoms. The first-order valence-electron chi connectivity index (χ1n) is 5.71. The summed E-state index contributed by atoms with van der Waals surface area (Å²) in [6.07, 6.45) is 7.96. The summed E-state index contributed by atoms with van der Waals surface area (Å²) in [5.41, 5.74) is -0.564. The van der Waals surface area contributed by atoms with E-state index in [-0.39, 0.29) is 18.5 Å². The number of amides is 2. The van der Waals surface area contributed by atoms with E-state index in [0.29, 0.717) is 6.42 Å². The van der Waals surface area contributed by atoms with Crippen molar-refractivity contribution in [2.24, 2.45) is 0 Å². The van der Waals surface area contributed by atoms with Crippen LogP contribution in [0.3, 0.4) is 0 Å². The van der Waals surface area contributed by atoms with E-state index in [4.69, 9.17) is 11.5 Å². The average molecular weight is 238 g/mol. The topological polar surface area (TPSA) is 78.4 Å². The molecule has 1 atom stereocenters. The highest BCUT2D eigenvalue weighted by Gasteiger charge is 2.40. The van der Waals surface area contributed by atoms with Crippen molar-refractivity contribution in [2.45, 2.75) is 50.6 Å². The molecule has 1 aliphatic rings. The van der Waals surface area contributed by atoms with E-state index in [9.17, 15) is 9.59 Å². The molecule has 0 spiro atoms. The number of carboxylic acids is 1. The minimum absolute atomic E-state index is 0.0239. The van der Waals surface area contributed by atoms with Gasteiger partial charge in [0.25, 0.3) is 0 Å². The van der Waals surface area contributed by atoms with Crippen LogP contribution in [0, 0.1) is 12.3 Å². The Kier molecular flexibility index (Phi) is 4.38. The van der Waals surface area contributed by atoms with Crippen molar-refractivity contribution in [3.63, 3.8) is 0 Å². The van der Waals surface area contributed by atoms with Crippen LogP contribution in [0.4, 0.5) is 4.79 Å². The highest BCUT2D eigenvalue weighted by molar-refractivity contribution is 5.77. The van der Waals surface area contributed by atoms with Gasteiger partial charge in [-0.15, -0.1) is 12.3 Å². The van der Waals surface area contributed by atoms with Gasteiger partial charge in [0.05, 0.1) is 12.0 Å². The molecule has 0 aromatic rings. The maximum atomic E-state index is 11.6. The molecule has 0 aromatic heterocycles. The number of hydrogen-bond acceptors (Lipinski definition) is 2. The molecule has 17 heavy (non-hydrogen) atoms. The van der Waals surface area contributed by atoms with E-state index in [0.717, 1.165) is 19.3 Å². The van der Waals surface area contributed by atoms with Gasteiger partial charge in [0.2, 0.25) is 0 Å². The molecule has 0 radical (unpaired) electrons. The Bertz CT molecular complexity index is 342. The normalized spacial score (nSPS) is 18.4. The molecule has 5 heteroatoms. The standard InChI is InChI=1S/C12H18N2O3/c1-3-5-9(2)13-11(17)14-12(6-4-7-12)8-10(15)16/h1,9H,4-8H2,2H3,(H,15,16)(H2,13,14,17). The van der Waals surface area contributed by atoms with Crippen LogP contribution in [0.25, 0.3) is 0 Å². The van der Waals surface area contributed by atoms with Crippen molar-refractivity contribution in [1.29, 1.82) is 0 Å². The minimum atomic E-state index is -0.887. The maximum Gasteiger partial charge on any atom is 0.315 e. The monoisotopic (exact) mass is 238 g/mol. The van der Waals surface area contributed by atoms with Gasteiger partial charge in [0.1, 0.15) is 0 Å². The van der Waals surface area contributed by atoms with E-state index in [1.54, 1.807) is 0 Å². The Morgan fingerprint density at radius 2 is 2.18 bits per heavy atom. The van der Waals surface area contributed by atoms with E-state index >= 15 is 0 Å². The molecule has 1 saturated carbocycles. The van der Waals surface area contributed by atoms with Crippen molar-refractivity contribution in [2.75, 3.05) is 0 Å². The Labute approximate surface area is 101 Å². The van der Waals surface area contributed by atoms with E-state index < -0.39 is 11.5 Å². The lowest BCUT2D eigenvalue weighted by Gasteiger charge is -2.41. The smallest absolute Gasteiger partial charge is 0.315 e. The summed E-state index contributed by atoms with van der Waals surface area (Å²) in [7, 11) is 0. The third-order valence-corrected chi connectivity index (χ3v) is 2.98. The van der Waals surface area contributed by atoms with Gasteiger partial charge in [0, 0.05) is 12.5 Å². The van der Waals surface area contributed by atoms with Crippen molar-refractivity contribution >= 4 is 12.0 Å². The quantitative estimate of drug-likeness (QED) is 0.627. The molecular formula is C12H18N2O3. The first kappa shape index (κ1) is 13.4. The number of hydrogen-bond donors (Lipinski definition) is 3. The summed E-state index contributed by atoms with van der Waals surface area (Å²) in [4.78, 5) is 22.4. The zero-order chi connectivity index (χ0) is 12.9. The number of nitrogens with one attached hydrogen (secondary N) is 2. The molecule has 2 amide bonds. The molecule has 1 unspecified atom stereocenters. The Morgan fingerprint density at radius 1 is 1.53 bits per heavy atom. The van der Waals surface area contributed by atoms with Gasteiger partial charge in [-0.2, -0.15) is 0 Å². The molecule has 0 aliphatic heterocycles. The maximum absolute atomic E-state index is 11.6. The molecule has 1 aliphatic carbocycles. The lowest BCUT2D eigenvalue weighted by Crippen LogP contribution is -2.58. The summed E-state index contributed by atoms with van der Waals surface area (Å²) < 4.78 is 0. The third kappa shape index (κ3) is 3.99. The Morgan fingerprint density at radius 3 is 2.59 bits per heavy atom. The molecule has 1 rings (SSSR count). The largest absolute Gasteiger partial charge is 0.481 e. The van der Waals surface area contributed by atoms with Crippen LogP contribution in [0.1, 0.15) is 39.0 Å². The highest BCUT2D eigenvalue weighted by atomic mass is 16.4. The lowest BCUT2D eigenvalue weighted by molar-refractivity contribution is -0.139. The van der Waals surface area contributed by atoms with E-state index in [1.165, 1.54) is 0 Å². The van der Waals surface area contributed by atoms with Crippen molar-refractivity contribution < 1.29 is 14.7 Å². The van der Waals surface area contributed by atoms with Gasteiger partial charge >= 0.3 is 12.0 Å². The summed E-state index contributed by atoms with van der Waals surface area (Å²) in [5, 5.41) is 14.2. The van der Waals surface area contributed by atoms with Crippen LogP contribution in [0.2, 0.25) is 0 Å². The zero-order valence-electron chi connectivity index (χ0n) is 9.95. The first-order chi connectivity index (χ1) is 7.97. The number of aliphatic carboxylic acids is 1. The van der Waals surface area contributed by atoms with Gasteiger partial charge in [-0.05, 0) is 26.2 Å². The SMILES string of the molecule is C#CCC(C)NC(=O)NC1(CC(=O)O)CCC1. The predicted octanol–water partition coefficient (Wildman–Crippen LogP) is 1.09. The number of carbonyl (C=O) groups is 2. The number of carbonyl (C=O) groups excluding carboxylic acids is 1. The number of terminal acetylenes is 1. The summed E-state index contributed by atoms with van der Waals surface area (Å²) in [6, 6.07) is -0.448. The number of rotatable bonds is 5. The highest BCUT2D eigenvalue weighted by Crippen LogP contribution is 2.34. The third-order valence-electron chi connectivity index (χ3n) is 2.98. The van der Waals surface area contributed by atoms with Crippen LogP contribution >= 0.6 is 0 Å². The Balaban J connectivity index is 2.43. The second-order valence-electron chi connectivity index (χ2n) is 4.61. The molecule has 0 aromatic carbocycles. The van der Waals surface area contributed by atoms with Crippen molar-refractivity contribution in [3.05, 3.63) is 0 Å². The van der Waals surface area contributed by atoms with E-state index in [2.05, 4.69) is 16.6 Å². The summed E-state index contributed by atoms with van der Waals surface area (Å²) in [6.45, 7) is 1.81. The fraction of sp³-hybridized carbons (Fsp3) is 0.667. The summed E-state index contributed by atoms with van der Waals surface area (Å²) in [5.74, 6) is 1.57. The molecule has 1 fully saturated rings. The van der Waals surface area contributed by atoms with Crippen LogP contribution in [-0.4, -0.2) is 28.7 Å². The zero-order valence-corrected chi connectivity index (χ0v) is 9.95. The molecule has 5 nitrogen and oxygen atoms in total. The van der Waals surface area contributed by atoms with Gasteiger partial charge in [-0.1, -0.05) is 0 Å². The fourth-order valence-electron chi connectivity index (χ4n) is 1.97. The minimum Gasteiger partial charge on any atom is -0.481 e. The van der Waals surface area contributed by atoms with Gasteiger partial charge in [-0.3, -0.25) is 4.79 Å². The van der Waals surface area contributed by atoms with Gasteiger partial charge in [-0.25, -0.2) is 4.79 Å².